The van der Waals surface area contributed by atoms with Crippen LogP contribution in [0.2, 0.25) is 0 Å². The fraction of sp³-hybridized carbons (Fsp3) is 0.667. The quantitative estimate of drug-likeness (QED) is 0.187. The molecule has 1 N–H and O–H groups in total. The van der Waals surface area contributed by atoms with Crippen molar-refractivity contribution in [3.63, 3.8) is 0 Å². The van der Waals surface area contributed by atoms with Crippen molar-refractivity contribution in [3.8, 4) is 0 Å². The Hall–Kier alpha value is -1.80. The molecule has 0 saturated carbocycles. The van der Waals surface area contributed by atoms with Crippen molar-refractivity contribution in [2.24, 2.45) is 0 Å². The van der Waals surface area contributed by atoms with E-state index < -0.39 is 52.2 Å². The van der Waals surface area contributed by atoms with Gasteiger partial charge in [0, 0.05) is 19.0 Å². The summed E-state index contributed by atoms with van der Waals surface area (Å²) in [5.74, 6) is -8.14. The van der Waals surface area contributed by atoms with Crippen LogP contribution in [0.1, 0.15) is 19.8 Å². The highest BCUT2D eigenvalue weighted by Crippen LogP contribution is 2.37. The summed E-state index contributed by atoms with van der Waals surface area (Å²) in [5.41, 5.74) is 0. The van der Waals surface area contributed by atoms with E-state index in [1.54, 1.807) is 5.32 Å². The van der Waals surface area contributed by atoms with Gasteiger partial charge >= 0.3 is 29.1 Å². The lowest BCUT2D eigenvalue weighted by Crippen LogP contribution is -2.61. The number of nitrogens with one attached hydrogen (secondary N) is 1. The largest absolute Gasteiger partial charge is 0.743 e. The van der Waals surface area contributed by atoms with Gasteiger partial charge in [-0.2, -0.15) is 22.0 Å². The molecule has 0 aliphatic carbocycles. The summed E-state index contributed by atoms with van der Waals surface area (Å²) in [6.45, 7) is 2.25. The first-order valence-corrected chi connectivity index (χ1v) is 8.23. The van der Waals surface area contributed by atoms with Crippen LogP contribution in [-0.2, 0) is 29.2 Å². The fourth-order valence-electron chi connectivity index (χ4n) is 1.39. The normalized spacial score (nSPS) is 15.0. The molecule has 0 heterocycles. The summed E-state index contributed by atoms with van der Waals surface area (Å²) in [7, 11) is -6.19. The van der Waals surface area contributed by atoms with Crippen LogP contribution in [0.25, 0.3) is 0 Å². The highest BCUT2D eigenvalue weighted by molar-refractivity contribution is 7.86. The minimum Gasteiger partial charge on any atom is -0.743 e. The lowest BCUT2D eigenvalue weighted by Gasteiger charge is -2.33. The zero-order valence-electron chi connectivity index (χ0n) is 13.3. The molecule has 0 radical (unpaired) electrons. The van der Waals surface area contributed by atoms with E-state index in [2.05, 4.69) is 16.1 Å². The van der Waals surface area contributed by atoms with E-state index in [1.165, 1.54) is 6.92 Å². The van der Waals surface area contributed by atoms with Crippen molar-refractivity contribution < 1.29 is 54.0 Å². The predicted molar refractivity (Wildman–Crippen MR) is 73.6 cm³/mol. The maximum atomic E-state index is 13.3. The van der Waals surface area contributed by atoms with Crippen LogP contribution in [0.4, 0.5) is 22.0 Å². The number of halogens is 5. The molecule has 0 aromatic heterocycles. The molecular weight excluding hydrogens is 397 g/mol. The van der Waals surface area contributed by atoms with Crippen molar-refractivity contribution in [2.45, 2.75) is 37.0 Å². The highest BCUT2D eigenvalue weighted by Gasteiger charge is 2.66. The fourth-order valence-corrected chi connectivity index (χ4v) is 1.72. The van der Waals surface area contributed by atoms with Crippen molar-refractivity contribution in [2.75, 3.05) is 13.2 Å². The molecule has 26 heavy (non-hydrogen) atoms. The zero-order valence-corrected chi connectivity index (χ0v) is 14.1. The van der Waals surface area contributed by atoms with Crippen LogP contribution in [0.3, 0.4) is 0 Å². The van der Waals surface area contributed by atoms with Gasteiger partial charge in [0.2, 0.25) is 0 Å². The number of carbonyl (C=O) groups excluding carboxylic acids is 2. The molecule has 0 aliphatic rings. The summed E-state index contributed by atoms with van der Waals surface area (Å²) in [5, 5.41) is -3.24. The van der Waals surface area contributed by atoms with Crippen LogP contribution in [-0.4, -0.2) is 55.2 Å². The van der Waals surface area contributed by atoms with E-state index in [-0.39, 0.29) is 19.0 Å². The van der Waals surface area contributed by atoms with Gasteiger partial charge in [-0.25, -0.2) is 13.2 Å². The molecule has 14 heteroatoms. The first-order chi connectivity index (χ1) is 11.6. The van der Waals surface area contributed by atoms with Gasteiger partial charge in [0.25, 0.3) is 0 Å². The molecule has 0 aromatic carbocycles. The SMILES string of the molecule is C=CC(=O)OC(OCCC(F)(F)S(=O)(=O)[O-])(C(=O)NCCC)C(F)(F)F. The average molecular weight is 412 g/mol. The van der Waals surface area contributed by atoms with E-state index in [1.807, 2.05) is 0 Å². The summed E-state index contributed by atoms with van der Waals surface area (Å²) in [6.07, 6.45) is -7.31. The maximum absolute atomic E-state index is 13.3. The standard InChI is InChI=1S/C12H16F5NO7S/c1-3-6-18-9(20)11(12(15,16)17,25-8(19)4-2)24-7-5-10(13,14)26(21,22)23/h4H,2-3,5-7H2,1H3,(H,18,20)(H,21,22,23)/p-1. The van der Waals surface area contributed by atoms with E-state index in [0.29, 0.717) is 0 Å². The lowest BCUT2D eigenvalue weighted by atomic mass is 10.2. The minimum absolute atomic E-state index is 0.168. The third kappa shape index (κ3) is 5.88. The average Bonchev–Trinajstić information content (AvgIpc) is 2.48. The molecule has 0 spiro atoms. The second-order valence-electron chi connectivity index (χ2n) is 4.69. The Morgan fingerprint density at radius 3 is 2.15 bits per heavy atom. The van der Waals surface area contributed by atoms with Crippen LogP contribution >= 0.6 is 0 Å². The Kier molecular flexibility index (Phi) is 8.12. The van der Waals surface area contributed by atoms with Crippen LogP contribution < -0.4 is 5.32 Å². The van der Waals surface area contributed by atoms with Gasteiger partial charge in [0.15, 0.2) is 10.1 Å². The van der Waals surface area contributed by atoms with Crippen molar-refractivity contribution in [1.29, 1.82) is 0 Å². The van der Waals surface area contributed by atoms with Gasteiger partial charge in [-0.1, -0.05) is 13.5 Å². The van der Waals surface area contributed by atoms with E-state index in [9.17, 15) is 44.5 Å². The third-order valence-corrected chi connectivity index (χ3v) is 3.62. The third-order valence-electron chi connectivity index (χ3n) is 2.68. The minimum atomic E-state index is -6.19. The van der Waals surface area contributed by atoms with E-state index in [4.69, 9.17) is 0 Å². The number of alkyl halides is 5. The number of esters is 1. The Bertz CT molecular complexity index is 634. The summed E-state index contributed by atoms with van der Waals surface area (Å²) >= 11 is 0. The second kappa shape index (κ2) is 8.73. The molecular formula is C12H15F5NO7S-. The molecule has 8 nitrogen and oxygen atoms in total. The second-order valence-corrected chi connectivity index (χ2v) is 6.19. The zero-order chi connectivity index (χ0) is 20.8. The van der Waals surface area contributed by atoms with Gasteiger partial charge in [0.05, 0.1) is 6.61 Å². The van der Waals surface area contributed by atoms with Crippen LogP contribution in [0.15, 0.2) is 12.7 Å². The molecule has 0 rings (SSSR count). The van der Waals surface area contributed by atoms with Crippen molar-refractivity contribution in [3.05, 3.63) is 12.7 Å². The molecule has 152 valence electrons. The monoisotopic (exact) mass is 412 g/mol. The molecule has 1 unspecified atom stereocenters. The summed E-state index contributed by atoms with van der Waals surface area (Å²) in [4.78, 5) is 23.0. The van der Waals surface area contributed by atoms with E-state index in [0.717, 1.165) is 0 Å². The Balaban J connectivity index is 5.71. The smallest absolute Gasteiger partial charge is 0.466 e. The Morgan fingerprint density at radius 1 is 1.23 bits per heavy atom. The molecule has 1 atom stereocenters. The first kappa shape index (κ1) is 24.2. The maximum Gasteiger partial charge on any atom is 0.466 e. The van der Waals surface area contributed by atoms with Gasteiger partial charge < -0.3 is 19.3 Å². The number of hydrogen-bond acceptors (Lipinski definition) is 7. The Labute approximate surface area is 145 Å². The molecule has 0 aromatic rings. The molecule has 0 saturated heterocycles. The first-order valence-electron chi connectivity index (χ1n) is 6.82. The molecule has 0 bridgehead atoms. The van der Waals surface area contributed by atoms with Crippen LogP contribution in [0, 0.1) is 0 Å². The highest BCUT2D eigenvalue weighted by atomic mass is 32.2. The summed E-state index contributed by atoms with van der Waals surface area (Å²) in [6, 6.07) is 0. The van der Waals surface area contributed by atoms with Gasteiger partial charge in [0.1, 0.15) is 0 Å². The number of rotatable bonds is 10. The van der Waals surface area contributed by atoms with Gasteiger partial charge in [-0.3, -0.25) is 4.79 Å². The van der Waals surface area contributed by atoms with E-state index >= 15 is 0 Å². The lowest BCUT2D eigenvalue weighted by molar-refractivity contribution is -0.347. The molecule has 1 amide bonds. The Morgan fingerprint density at radius 2 is 1.77 bits per heavy atom. The summed E-state index contributed by atoms with van der Waals surface area (Å²) < 4.78 is 105. The van der Waals surface area contributed by atoms with Crippen LogP contribution in [0.5, 0.6) is 0 Å². The number of carbonyl (C=O) groups is 2. The van der Waals surface area contributed by atoms with Crippen molar-refractivity contribution in [1.82, 2.24) is 5.32 Å². The molecule has 0 aliphatic heterocycles. The molecule has 0 fully saturated rings. The predicted octanol–water partition coefficient (Wildman–Crippen LogP) is 1.05. The van der Waals surface area contributed by atoms with Crippen molar-refractivity contribution >= 4 is 22.0 Å². The number of amides is 1. The van der Waals surface area contributed by atoms with Gasteiger partial charge in [-0.15, -0.1) is 0 Å². The number of hydrogen-bond donors (Lipinski definition) is 1. The van der Waals surface area contributed by atoms with Gasteiger partial charge in [-0.05, 0) is 6.42 Å². The topological polar surface area (TPSA) is 122 Å². The number of ether oxygens (including phenoxy) is 2.